The summed E-state index contributed by atoms with van der Waals surface area (Å²) in [5, 5.41) is 3.30. The second kappa shape index (κ2) is 6.97. The summed E-state index contributed by atoms with van der Waals surface area (Å²) in [5.74, 6) is -0.282. The highest BCUT2D eigenvalue weighted by atomic mass is 19.1. The van der Waals surface area contributed by atoms with Crippen molar-refractivity contribution in [2.24, 2.45) is 5.41 Å². The molecule has 2 heterocycles. The van der Waals surface area contributed by atoms with Crippen LogP contribution in [-0.4, -0.2) is 36.7 Å². The molecule has 0 spiro atoms. The van der Waals surface area contributed by atoms with Crippen molar-refractivity contribution in [1.82, 2.24) is 10.2 Å². The lowest BCUT2D eigenvalue weighted by Crippen LogP contribution is -2.44. The van der Waals surface area contributed by atoms with Crippen molar-refractivity contribution in [2.75, 3.05) is 19.6 Å². The van der Waals surface area contributed by atoms with Gasteiger partial charge in [0.15, 0.2) is 0 Å². The van der Waals surface area contributed by atoms with E-state index in [-0.39, 0.29) is 29.5 Å². The molecule has 2 atom stereocenters. The fraction of sp³-hybridized carbons (Fsp3) is 0.409. The van der Waals surface area contributed by atoms with Gasteiger partial charge in [-0.1, -0.05) is 50.2 Å². The third-order valence-electron chi connectivity index (χ3n) is 5.73. The number of amides is 1. The van der Waals surface area contributed by atoms with Crippen molar-refractivity contribution >= 4 is 6.09 Å². The molecular formula is C22H25FN2O2. The van der Waals surface area contributed by atoms with Crippen LogP contribution >= 0.6 is 0 Å². The van der Waals surface area contributed by atoms with E-state index in [0.717, 1.165) is 24.1 Å². The highest BCUT2D eigenvalue weighted by Gasteiger charge is 2.40. The van der Waals surface area contributed by atoms with E-state index >= 15 is 0 Å². The molecule has 2 aliphatic rings. The largest absolute Gasteiger partial charge is 0.444 e. The van der Waals surface area contributed by atoms with Crippen LogP contribution in [0.1, 0.15) is 36.6 Å². The average Bonchev–Trinajstić information content (AvgIpc) is 2.99. The highest BCUT2D eigenvalue weighted by Crippen LogP contribution is 2.36. The van der Waals surface area contributed by atoms with Gasteiger partial charge in [0.2, 0.25) is 0 Å². The quantitative estimate of drug-likeness (QED) is 0.874. The first-order valence-electron chi connectivity index (χ1n) is 9.47. The van der Waals surface area contributed by atoms with Gasteiger partial charge >= 0.3 is 6.09 Å². The van der Waals surface area contributed by atoms with Gasteiger partial charge in [0.25, 0.3) is 0 Å². The number of rotatable bonds is 2. The smallest absolute Gasteiger partial charge is 0.410 e. The van der Waals surface area contributed by atoms with Crippen LogP contribution in [0.25, 0.3) is 0 Å². The molecule has 142 valence electrons. The molecule has 2 aromatic rings. The Hall–Kier alpha value is -2.40. The average molecular weight is 368 g/mol. The van der Waals surface area contributed by atoms with E-state index < -0.39 is 0 Å². The Morgan fingerprint density at radius 3 is 2.63 bits per heavy atom. The number of ether oxygens (including phenoxy) is 1. The van der Waals surface area contributed by atoms with E-state index in [2.05, 4.69) is 25.2 Å². The first-order chi connectivity index (χ1) is 13.0. The van der Waals surface area contributed by atoms with Crippen LogP contribution in [0.5, 0.6) is 0 Å². The lowest BCUT2D eigenvalue weighted by molar-refractivity contribution is 0.0222. The lowest BCUT2D eigenvalue weighted by atomic mass is 9.88. The normalized spacial score (nSPS) is 23.7. The maximum absolute atomic E-state index is 13.4. The van der Waals surface area contributed by atoms with Gasteiger partial charge < -0.3 is 10.1 Å². The summed E-state index contributed by atoms with van der Waals surface area (Å²) >= 11 is 0. The Morgan fingerprint density at radius 2 is 1.93 bits per heavy atom. The molecule has 0 bridgehead atoms. The Labute approximate surface area is 159 Å². The summed E-state index contributed by atoms with van der Waals surface area (Å²) in [6.45, 7) is 6.29. The van der Waals surface area contributed by atoms with Crippen molar-refractivity contribution in [3.63, 3.8) is 0 Å². The number of fused-ring (bicyclic) bond motifs is 1. The van der Waals surface area contributed by atoms with E-state index in [4.69, 9.17) is 4.74 Å². The molecule has 2 aromatic carbocycles. The molecule has 0 saturated carbocycles. The Balaban J connectivity index is 1.66. The Kier molecular flexibility index (Phi) is 4.64. The predicted octanol–water partition coefficient (Wildman–Crippen LogP) is 3.91. The molecule has 4 rings (SSSR count). The monoisotopic (exact) mass is 368 g/mol. The van der Waals surface area contributed by atoms with Crippen LogP contribution in [0.4, 0.5) is 9.18 Å². The van der Waals surface area contributed by atoms with Crippen molar-refractivity contribution < 1.29 is 13.9 Å². The molecule has 1 fully saturated rings. The third-order valence-corrected chi connectivity index (χ3v) is 5.73. The van der Waals surface area contributed by atoms with Crippen LogP contribution in [0, 0.1) is 11.2 Å². The Bertz CT molecular complexity index is 834. The van der Waals surface area contributed by atoms with Gasteiger partial charge in [-0.15, -0.1) is 0 Å². The molecule has 27 heavy (non-hydrogen) atoms. The minimum absolute atomic E-state index is 0.0886. The second-order valence-corrected chi connectivity index (χ2v) is 8.09. The van der Waals surface area contributed by atoms with Gasteiger partial charge in [-0.25, -0.2) is 9.18 Å². The van der Waals surface area contributed by atoms with E-state index in [1.54, 1.807) is 17.0 Å². The number of nitrogens with one attached hydrogen (secondary N) is 1. The molecule has 0 aromatic heterocycles. The van der Waals surface area contributed by atoms with Crippen LogP contribution in [-0.2, 0) is 11.2 Å². The van der Waals surface area contributed by atoms with Gasteiger partial charge in [0.05, 0.1) is 6.04 Å². The van der Waals surface area contributed by atoms with Gasteiger partial charge in [-0.2, -0.15) is 0 Å². The Morgan fingerprint density at radius 1 is 1.19 bits per heavy atom. The van der Waals surface area contributed by atoms with Crippen LogP contribution in [0.15, 0.2) is 48.5 Å². The summed E-state index contributed by atoms with van der Waals surface area (Å²) in [4.78, 5) is 14.9. The molecule has 1 unspecified atom stereocenters. The fourth-order valence-corrected chi connectivity index (χ4v) is 4.07. The van der Waals surface area contributed by atoms with E-state index in [0.29, 0.717) is 13.1 Å². The van der Waals surface area contributed by atoms with Gasteiger partial charge in [-0.3, -0.25) is 4.90 Å². The van der Waals surface area contributed by atoms with Crippen molar-refractivity contribution in [3.8, 4) is 0 Å². The molecule has 1 N–H and O–H groups in total. The molecule has 0 aliphatic carbocycles. The summed E-state index contributed by atoms with van der Waals surface area (Å²) < 4.78 is 19.4. The second-order valence-electron chi connectivity index (χ2n) is 8.09. The zero-order valence-corrected chi connectivity index (χ0v) is 15.7. The highest BCUT2D eigenvalue weighted by molar-refractivity contribution is 5.70. The van der Waals surface area contributed by atoms with Crippen LogP contribution in [0.2, 0.25) is 0 Å². The number of carbonyl (C=O) groups excluding carboxylic acids is 1. The maximum atomic E-state index is 13.4. The van der Waals surface area contributed by atoms with Crippen LogP contribution < -0.4 is 5.32 Å². The van der Waals surface area contributed by atoms with Crippen molar-refractivity contribution in [2.45, 2.75) is 32.4 Å². The summed E-state index contributed by atoms with van der Waals surface area (Å²) in [5.41, 5.74) is 3.11. The predicted molar refractivity (Wildman–Crippen MR) is 102 cm³/mol. The number of carbonyl (C=O) groups is 1. The molecule has 4 nitrogen and oxygen atoms in total. The summed E-state index contributed by atoms with van der Waals surface area (Å²) in [6, 6.07) is 14.3. The molecular weight excluding hydrogens is 343 g/mol. The summed E-state index contributed by atoms with van der Waals surface area (Å²) in [7, 11) is 0. The summed E-state index contributed by atoms with van der Waals surface area (Å²) in [6.07, 6.45) is 0.326. The number of nitrogens with zero attached hydrogens (tertiary/aromatic N) is 1. The van der Waals surface area contributed by atoms with Crippen LogP contribution in [0.3, 0.4) is 0 Å². The molecule has 2 aliphatic heterocycles. The topological polar surface area (TPSA) is 41.6 Å². The standard InChI is InChI=1S/C22H25FN2O2/c1-22(2)14-24-13-19(22)27-21(26)25-12-11-15-5-3-4-6-18(15)20(25)16-7-9-17(23)10-8-16/h3-10,19-20,24H,11-14H2,1-2H3/t19?,20-/m0/s1. The SMILES string of the molecule is CC1(C)CNCC1OC(=O)N1CCc2ccccc2[C@@H]1c1ccc(F)cc1. The molecule has 0 radical (unpaired) electrons. The number of benzene rings is 2. The van der Waals surface area contributed by atoms with Gasteiger partial charge in [0.1, 0.15) is 11.9 Å². The maximum Gasteiger partial charge on any atom is 0.410 e. The lowest BCUT2D eigenvalue weighted by Gasteiger charge is -2.38. The minimum Gasteiger partial charge on any atom is -0.444 e. The zero-order valence-electron chi connectivity index (χ0n) is 15.7. The molecule has 1 amide bonds. The van der Waals surface area contributed by atoms with Gasteiger partial charge in [0, 0.05) is 25.0 Å². The fourth-order valence-electron chi connectivity index (χ4n) is 4.07. The number of hydrogen-bond acceptors (Lipinski definition) is 3. The molecule has 5 heteroatoms. The number of hydrogen-bond donors (Lipinski definition) is 1. The zero-order chi connectivity index (χ0) is 19.0. The van der Waals surface area contributed by atoms with Crippen molar-refractivity contribution in [3.05, 3.63) is 71.0 Å². The molecule has 1 saturated heterocycles. The number of halogens is 1. The van der Waals surface area contributed by atoms with Gasteiger partial charge in [-0.05, 0) is 35.2 Å². The minimum atomic E-state index is -0.305. The first kappa shape index (κ1) is 18.0. The third kappa shape index (κ3) is 3.44. The van der Waals surface area contributed by atoms with E-state index in [1.807, 2.05) is 18.2 Å². The van der Waals surface area contributed by atoms with Crippen molar-refractivity contribution in [1.29, 1.82) is 0 Å². The first-order valence-corrected chi connectivity index (χ1v) is 9.47. The van der Waals surface area contributed by atoms with E-state index in [1.165, 1.54) is 17.7 Å². The van der Waals surface area contributed by atoms with E-state index in [9.17, 15) is 9.18 Å².